The van der Waals surface area contributed by atoms with Gasteiger partial charge in [0, 0.05) is 36.0 Å². The maximum atomic E-state index is 11.9. The van der Waals surface area contributed by atoms with Crippen molar-refractivity contribution in [3.8, 4) is 0 Å². The monoisotopic (exact) mass is 359 g/mol. The number of anilines is 2. The van der Waals surface area contributed by atoms with Gasteiger partial charge in [0.2, 0.25) is 5.91 Å². The molecule has 1 amide bonds. The first-order valence-electron chi connectivity index (χ1n) is 8.72. The molecule has 4 nitrogen and oxygen atoms in total. The number of nitrogens with one attached hydrogen (secondary N) is 2. The molecule has 0 spiro atoms. The predicted molar refractivity (Wildman–Crippen MR) is 107 cm³/mol. The summed E-state index contributed by atoms with van der Waals surface area (Å²) in [6.07, 6.45) is 0.793. The Balaban J connectivity index is 1.71. The largest absolute Gasteiger partial charge is 0.376 e. The Kier molecular flexibility index (Phi) is 7.61. The zero-order chi connectivity index (χ0) is 18.1. The second-order valence-electron chi connectivity index (χ2n) is 5.80. The van der Waals surface area contributed by atoms with E-state index in [0.717, 1.165) is 35.8 Å². The highest BCUT2D eigenvalue weighted by Gasteiger charge is 2.03. The lowest BCUT2D eigenvalue weighted by molar-refractivity contribution is -0.119. The van der Waals surface area contributed by atoms with Crippen molar-refractivity contribution in [3.63, 3.8) is 0 Å². The number of rotatable bonds is 9. The average molecular weight is 360 g/mol. The number of carbonyl (C=O) groups excluding carboxylic acids is 1. The quantitative estimate of drug-likeness (QED) is 0.712. The van der Waals surface area contributed by atoms with Crippen LogP contribution in [0.5, 0.6) is 0 Å². The Morgan fingerprint density at radius 2 is 1.64 bits per heavy atom. The molecule has 2 rings (SSSR count). The van der Waals surface area contributed by atoms with E-state index in [0.29, 0.717) is 6.54 Å². The minimum Gasteiger partial charge on any atom is -0.376 e. The van der Waals surface area contributed by atoms with Crippen LogP contribution in [0, 0.1) is 0 Å². The Labute approximate surface area is 155 Å². The SMILES string of the molecule is CCN(CC)c1ccc(NCC(=O)NCCc2ccc(Cl)cc2)cc1. The highest BCUT2D eigenvalue weighted by atomic mass is 35.5. The van der Waals surface area contributed by atoms with E-state index in [1.165, 1.54) is 5.69 Å². The van der Waals surface area contributed by atoms with Crippen LogP contribution in [0.4, 0.5) is 11.4 Å². The summed E-state index contributed by atoms with van der Waals surface area (Å²) in [6, 6.07) is 15.9. The second-order valence-corrected chi connectivity index (χ2v) is 6.24. The summed E-state index contributed by atoms with van der Waals surface area (Å²) in [7, 11) is 0. The normalized spacial score (nSPS) is 10.4. The molecule has 0 saturated carbocycles. The molecule has 0 aliphatic rings. The molecule has 0 fully saturated rings. The molecule has 0 radical (unpaired) electrons. The first-order valence-corrected chi connectivity index (χ1v) is 9.10. The van der Waals surface area contributed by atoms with Gasteiger partial charge < -0.3 is 15.5 Å². The molecule has 0 aliphatic carbocycles. The Bertz CT molecular complexity index is 652. The average Bonchev–Trinajstić information content (AvgIpc) is 2.64. The van der Waals surface area contributed by atoms with Crippen LogP contribution in [0.25, 0.3) is 0 Å². The number of carbonyl (C=O) groups is 1. The van der Waals surface area contributed by atoms with Gasteiger partial charge in [0.25, 0.3) is 0 Å². The molecule has 0 atom stereocenters. The van der Waals surface area contributed by atoms with Crippen LogP contribution < -0.4 is 15.5 Å². The van der Waals surface area contributed by atoms with Crippen LogP contribution in [0.15, 0.2) is 48.5 Å². The van der Waals surface area contributed by atoms with Crippen LogP contribution >= 0.6 is 11.6 Å². The van der Waals surface area contributed by atoms with Gasteiger partial charge in [0.15, 0.2) is 0 Å². The minimum absolute atomic E-state index is 0.0122. The number of amides is 1. The number of hydrogen-bond donors (Lipinski definition) is 2. The molecule has 0 aliphatic heterocycles. The van der Waals surface area contributed by atoms with E-state index in [-0.39, 0.29) is 12.5 Å². The molecule has 0 unspecified atom stereocenters. The first-order chi connectivity index (χ1) is 12.1. The zero-order valence-electron chi connectivity index (χ0n) is 14.9. The second kappa shape index (κ2) is 9.94. The van der Waals surface area contributed by atoms with E-state index < -0.39 is 0 Å². The smallest absolute Gasteiger partial charge is 0.239 e. The van der Waals surface area contributed by atoms with Crippen molar-refractivity contribution in [2.45, 2.75) is 20.3 Å². The lowest BCUT2D eigenvalue weighted by Gasteiger charge is -2.21. The third-order valence-corrected chi connectivity index (χ3v) is 4.35. The van der Waals surface area contributed by atoms with Crippen molar-refractivity contribution in [1.82, 2.24) is 5.32 Å². The molecule has 2 aromatic rings. The summed E-state index contributed by atoms with van der Waals surface area (Å²) in [6.45, 7) is 7.14. The topological polar surface area (TPSA) is 44.4 Å². The summed E-state index contributed by atoms with van der Waals surface area (Å²) < 4.78 is 0. The molecule has 0 heterocycles. The number of benzene rings is 2. The van der Waals surface area contributed by atoms with Gasteiger partial charge in [-0.15, -0.1) is 0 Å². The Hall–Kier alpha value is -2.20. The van der Waals surface area contributed by atoms with Gasteiger partial charge in [-0.1, -0.05) is 23.7 Å². The summed E-state index contributed by atoms with van der Waals surface area (Å²) in [5.74, 6) is -0.0122. The molecule has 0 bridgehead atoms. The van der Waals surface area contributed by atoms with Crippen molar-refractivity contribution in [2.75, 3.05) is 36.4 Å². The van der Waals surface area contributed by atoms with E-state index in [1.807, 2.05) is 36.4 Å². The van der Waals surface area contributed by atoms with E-state index >= 15 is 0 Å². The molecular weight excluding hydrogens is 334 g/mol. The fourth-order valence-corrected chi connectivity index (χ4v) is 2.75. The number of hydrogen-bond acceptors (Lipinski definition) is 3. The minimum atomic E-state index is -0.0122. The maximum Gasteiger partial charge on any atom is 0.239 e. The first kappa shape index (κ1) is 19.1. The molecule has 2 aromatic carbocycles. The van der Waals surface area contributed by atoms with Gasteiger partial charge >= 0.3 is 0 Å². The van der Waals surface area contributed by atoms with Gasteiger partial charge in [-0.05, 0) is 62.2 Å². The third-order valence-electron chi connectivity index (χ3n) is 4.10. The van der Waals surface area contributed by atoms with Crippen LogP contribution in [-0.2, 0) is 11.2 Å². The molecule has 2 N–H and O–H groups in total. The van der Waals surface area contributed by atoms with Crippen molar-refractivity contribution in [2.24, 2.45) is 0 Å². The van der Waals surface area contributed by atoms with Crippen molar-refractivity contribution in [1.29, 1.82) is 0 Å². The van der Waals surface area contributed by atoms with Gasteiger partial charge in [-0.2, -0.15) is 0 Å². The van der Waals surface area contributed by atoms with Crippen LogP contribution in [0.2, 0.25) is 5.02 Å². The molecule has 134 valence electrons. The number of nitrogens with zero attached hydrogens (tertiary/aromatic N) is 1. The Morgan fingerprint density at radius 1 is 1.00 bits per heavy atom. The lowest BCUT2D eigenvalue weighted by Crippen LogP contribution is -2.31. The van der Waals surface area contributed by atoms with Gasteiger partial charge in [-0.3, -0.25) is 4.79 Å². The Morgan fingerprint density at radius 3 is 2.24 bits per heavy atom. The molecule has 5 heteroatoms. The van der Waals surface area contributed by atoms with Crippen LogP contribution in [0.1, 0.15) is 19.4 Å². The van der Waals surface area contributed by atoms with E-state index in [1.54, 1.807) is 0 Å². The van der Waals surface area contributed by atoms with Gasteiger partial charge in [0.1, 0.15) is 0 Å². The van der Waals surface area contributed by atoms with Crippen LogP contribution in [-0.4, -0.2) is 32.1 Å². The molecule has 0 saturated heterocycles. The zero-order valence-corrected chi connectivity index (χ0v) is 15.6. The van der Waals surface area contributed by atoms with Crippen molar-refractivity contribution < 1.29 is 4.79 Å². The summed E-state index contributed by atoms with van der Waals surface area (Å²) >= 11 is 5.86. The van der Waals surface area contributed by atoms with Crippen LogP contribution in [0.3, 0.4) is 0 Å². The standard InChI is InChI=1S/C20H26ClN3O/c1-3-24(4-2)19-11-9-18(10-12-19)23-15-20(25)22-14-13-16-5-7-17(21)8-6-16/h5-12,23H,3-4,13-15H2,1-2H3,(H,22,25). The summed E-state index contributed by atoms with van der Waals surface area (Å²) in [5.41, 5.74) is 3.30. The lowest BCUT2D eigenvalue weighted by atomic mass is 10.1. The van der Waals surface area contributed by atoms with Crippen molar-refractivity contribution >= 4 is 28.9 Å². The fourth-order valence-electron chi connectivity index (χ4n) is 2.62. The van der Waals surface area contributed by atoms with Gasteiger partial charge in [-0.25, -0.2) is 0 Å². The highest BCUT2D eigenvalue weighted by molar-refractivity contribution is 6.30. The maximum absolute atomic E-state index is 11.9. The van der Waals surface area contributed by atoms with E-state index in [4.69, 9.17) is 11.6 Å². The number of halogens is 1. The summed E-state index contributed by atoms with van der Waals surface area (Å²) in [5, 5.41) is 6.80. The van der Waals surface area contributed by atoms with Crippen molar-refractivity contribution in [3.05, 3.63) is 59.1 Å². The molecule has 25 heavy (non-hydrogen) atoms. The molecule has 0 aromatic heterocycles. The predicted octanol–water partition coefficient (Wildman–Crippen LogP) is 3.96. The van der Waals surface area contributed by atoms with Gasteiger partial charge in [0.05, 0.1) is 6.54 Å². The summed E-state index contributed by atoms with van der Waals surface area (Å²) in [4.78, 5) is 14.2. The van der Waals surface area contributed by atoms with E-state index in [2.05, 4.69) is 41.5 Å². The highest BCUT2D eigenvalue weighted by Crippen LogP contribution is 2.17. The van der Waals surface area contributed by atoms with E-state index in [9.17, 15) is 4.79 Å². The third kappa shape index (κ3) is 6.31. The molecular formula is C20H26ClN3O. The fraction of sp³-hybridized carbons (Fsp3) is 0.350.